The molecule has 12 heavy (non-hydrogen) atoms. The molecular weight excluding hydrogens is 186 g/mol. The van der Waals surface area contributed by atoms with E-state index in [1.807, 2.05) is 0 Å². The van der Waals surface area contributed by atoms with Crippen LogP contribution >= 0.6 is 0 Å². The normalized spacial score (nSPS) is 11.1. The highest BCUT2D eigenvalue weighted by molar-refractivity contribution is 7.81. The van der Waals surface area contributed by atoms with Crippen LogP contribution in [0.3, 0.4) is 0 Å². The van der Waals surface area contributed by atoms with Crippen molar-refractivity contribution in [3.8, 4) is 5.88 Å². The van der Waals surface area contributed by atoms with Gasteiger partial charge in [0.05, 0.1) is 6.07 Å². The number of rotatable bonds is 2. The SMILES string of the molecule is O=S(=O)(O)Oc1cccc[n+]1[O-]. The summed E-state index contributed by atoms with van der Waals surface area (Å²) < 4.78 is 32.5. The summed E-state index contributed by atoms with van der Waals surface area (Å²) in [5, 5.41) is 10.7. The molecule has 0 aliphatic heterocycles. The average molecular weight is 191 g/mol. The molecule has 0 fully saturated rings. The van der Waals surface area contributed by atoms with E-state index in [-0.39, 0.29) is 4.73 Å². The van der Waals surface area contributed by atoms with Crippen LogP contribution in [0.4, 0.5) is 0 Å². The van der Waals surface area contributed by atoms with Crippen LogP contribution in [0.1, 0.15) is 0 Å². The summed E-state index contributed by atoms with van der Waals surface area (Å²) >= 11 is 0. The van der Waals surface area contributed by atoms with Crippen LogP contribution in [0.15, 0.2) is 24.4 Å². The monoisotopic (exact) mass is 191 g/mol. The van der Waals surface area contributed by atoms with E-state index < -0.39 is 16.3 Å². The minimum Gasteiger partial charge on any atom is -0.616 e. The third-order valence-electron chi connectivity index (χ3n) is 0.979. The van der Waals surface area contributed by atoms with E-state index in [4.69, 9.17) is 4.55 Å². The van der Waals surface area contributed by atoms with Gasteiger partial charge in [0, 0.05) is 6.07 Å². The number of hydrogen-bond donors (Lipinski definition) is 1. The van der Waals surface area contributed by atoms with Crippen LogP contribution in [-0.2, 0) is 10.4 Å². The van der Waals surface area contributed by atoms with Crippen LogP contribution in [0.25, 0.3) is 0 Å². The molecule has 0 atom stereocenters. The maximum atomic E-state index is 10.7. The highest BCUT2D eigenvalue weighted by Gasteiger charge is 2.13. The lowest BCUT2D eigenvalue weighted by molar-refractivity contribution is -0.609. The maximum Gasteiger partial charge on any atom is 0.450 e. The quantitative estimate of drug-likeness (QED) is 0.386. The van der Waals surface area contributed by atoms with Gasteiger partial charge in [-0.2, -0.15) is 8.42 Å². The average Bonchev–Trinajstić information content (AvgIpc) is 1.91. The molecule has 0 unspecified atom stereocenters. The predicted octanol–water partition coefficient (Wildman–Crippen LogP) is -0.498. The Labute approximate surface area is 68.6 Å². The summed E-state index contributed by atoms with van der Waals surface area (Å²) in [5.74, 6) is -0.500. The first kappa shape index (κ1) is 8.75. The highest BCUT2D eigenvalue weighted by atomic mass is 32.3. The standard InChI is InChI=1S/C5H5NO5S/c7-6-4-2-1-3-5(6)11-12(8,9)10/h1-4H,(H,8,9,10). The largest absolute Gasteiger partial charge is 0.616 e. The molecule has 6 nitrogen and oxygen atoms in total. The molecule has 0 saturated heterocycles. The second-order valence-corrected chi connectivity index (χ2v) is 2.90. The Hall–Kier alpha value is -1.34. The second kappa shape index (κ2) is 2.95. The summed E-state index contributed by atoms with van der Waals surface area (Å²) in [5.41, 5.74) is 0. The molecule has 66 valence electrons. The van der Waals surface area contributed by atoms with Crippen molar-refractivity contribution in [2.75, 3.05) is 0 Å². The first-order valence-corrected chi connectivity index (χ1v) is 4.20. The summed E-state index contributed by atoms with van der Waals surface area (Å²) in [6.45, 7) is 0. The Morgan fingerprint density at radius 2 is 2.17 bits per heavy atom. The molecule has 1 N–H and O–H groups in total. The van der Waals surface area contributed by atoms with Crippen molar-refractivity contribution in [3.63, 3.8) is 0 Å². The van der Waals surface area contributed by atoms with Gasteiger partial charge in [0.1, 0.15) is 0 Å². The van der Waals surface area contributed by atoms with Gasteiger partial charge >= 0.3 is 16.3 Å². The Morgan fingerprint density at radius 3 is 2.67 bits per heavy atom. The van der Waals surface area contributed by atoms with E-state index >= 15 is 0 Å². The topological polar surface area (TPSA) is 90.5 Å². The van der Waals surface area contributed by atoms with Crippen molar-refractivity contribution in [3.05, 3.63) is 29.6 Å². The Morgan fingerprint density at radius 1 is 1.50 bits per heavy atom. The zero-order valence-corrected chi connectivity index (χ0v) is 6.56. The Balaban J connectivity index is 2.98. The van der Waals surface area contributed by atoms with Crippen molar-refractivity contribution < 1.29 is 21.9 Å². The van der Waals surface area contributed by atoms with Crippen molar-refractivity contribution in [1.29, 1.82) is 0 Å². The fourth-order valence-corrected chi connectivity index (χ4v) is 0.930. The Kier molecular flexibility index (Phi) is 2.15. The first-order valence-electron chi connectivity index (χ1n) is 2.84. The van der Waals surface area contributed by atoms with Gasteiger partial charge in [0.2, 0.25) is 0 Å². The second-order valence-electron chi connectivity index (χ2n) is 1.88. The fraction of sp³-hybridized carbons (Fsp3) is 0. The van der Waals surface area contributed by atoms with Crippen molar-refractivity contribution in [1.82, 2.24) is 0 Å². The van der Waals surface area contributed by atoms with Crippen LogP contribution in [0.5, 0.6) is 5.88 Å². The lowest BCUT2D eigenvalue weighted by Gasteiger charge is -2.00. The summed E-state index contributed by atoms with van der Waals surface area (Å²) in [7, 11) is -4.62. The van der Waals surface area contributed by atoms with Gasteiger partial charge in [-0.3, -0.25) is 4.55 Å². The van der Waals surface area contributed by atoms with E-state index in [1.54, 1.807) is 0 Å². The summed E-state index contributed by atoms with van der Waals surface area (Å²) in [6, 6.07) is 3.90. The van der Waals surface area contributed by atoms with Crippen LogP contribution in [0, 0.1) is 5.21 Å². The highest BCUT2D eigenvalue weighted by Crippen LogP contribution is 2.02. The molecule has 0 aromatic carbocycles. The molecule has 0 bridgehead atoms. The van der Waals surface area contributed by atoms with Gasteiger partial charge in [-0.25, -0.2) is 0 Å². The number of aromatic nitrogens is 1. The van der Waals surface area contributed by atoms with Gasteiger partial charge in [-0.05, 0) is 6.07 Å². The van der Waals surface area contributed by atoms with Crippen molar-refractivity contribution in [2.45, 2.75) is 0 Å². The van der Waals surface area contributed by atoms with Gasteiger partial charge < -0.3 is 9.39 Å². The van der Waals surface area contributed by atoms with Crippen molar-refractivity contribution >= 4 is 10.4 Å². The number of pyridine rings is 1. The Bertz CT molecular complexity index is 373. The van der Waals surface area contributed by atoms with Gasteiger partial charge in [-0.15, -0.1) is 4.73 Å². The molecule has 0 radical (unpaired) electrons. The molecule has 0 spiro atoms. The van der Waals surface area contributed by atoms with E-state index in [0.717, 1.165) is 12.3 Å². The lowest BCUT2D eigenvalue weighted by atomic mass is 10.5. The summed E-state index contributed by atoms with van der Waals surface area (Å²) in [6.07, 6.45) is 1.04. The molecule has 0 aliphatic rings. The molecular formula is C5H5NO5S. The lowest BCUT2D eigenvalue weighted by Crippen LogP contribution is -2.29. The third-order valence-corrected chi connectivity index (χ3v) is 1.36. The van der Waals surface area contributed by atoms with E-state index in [2.05, 4.69) is 4.18 Å². The minimum atomic E-state index is -4.62. The number of hydrogen-bond acceptors (Lipinski definition) is 4. The molecule has 0 aliphatic carbocycles. The van der Waals surface area contributed by atoms with E-state index in [1.165, 1.54) is 12.1 Å². The maximum absolute atomic E-state index is 10.7. The van der Waals surface area contributed by atoms with E-state index in [0.29, 0.717) is 0 Å². The van der Waals surface area contributed by atoms with Crippen LogP contribution in [-0.4, -0.2) is 13.0 Å². The zero-order chi connectivity index (χ0) is 9.19. The van der Waals surface area contributed by atoms with Gasteiger partial charge in [0.15, 0.2) is 6.20 Å². The number of nitrogens with zero attached hydrogens (tertiary/aromatic N) is 1. The van der Waals surface area contributed by atoms with Gasteiger partial charge in [-0.1, -0.05) is 0 Å². The zero-order valence-electron chi connectivity index (χ0n) is 5.75. The molecule has 1 rings (SSSR count). The van der Waals surface area contributed by atoms with Crippen LogP contribution in [0.2, 0.25) is 0 Å². The molecule has 0 amide bonds. The molecule has 1 heterocycles. The molecule has 0 saturated carbocycles. The third kappa shape index (κ3) is 2.36. The van der Waals surface area contributed by atoms with E-state index in [9.17, 15) is 13.6 Å². The minimum absolute atomic E-state index is 0.174. The summed E-state index contributed by atoms with van der Waals surface area (Å²) in [4.78, 5) is 0. The molecule has 1 aromatic rings. The van der Waals surface area contributed by atoms with Crippen LogP contribution < -0.4 is 8.91 Å². The van der Waals surface area contributed by atoms with Crippen molar-refractivity contribution in [2.24, 2.45) is 0 Å². The smallest absolute Gasteiger partial charge is 0.450 e. The predicted molar refractivity (Wildman–Crippen MR) is 37.6 cm³/mol. The molecule has 1 aromatic heterocycles. The van der Waals surface area contributed by atoms with Gasteiger partial charge in [0.25, 0.3) is 0 Å². The molecule has 7 heteroatoms. The first-order chi connectivity index (χ1) is 5.49. The fourth-order valence-electron chi connectivity index (χ4n) is 0.585.